The van der Waals surface area contributed by atoms with E-state index in [2.05, 4.69) is 15.5 Å². The van der Waals surface area contributed by atoms with E-state index in [9.17, 15) is 15.0 Å². The number of methoxy groups -OCH3 is 1. The fourth-order valence-electron chi connectivity index (χ4n) is 2.21. The number of nitrogens with one attached hydrogen (secondary N) is 2. The van der Waals surface area contributed by atoms with Gasteiger partial charge in [0.25, 0.3) is 5.91 Å². The van der Waals surface area contributed by atoms with E-state index < -0.39 is 0 Å². The molecule has 0 bridgehead atoms. The molecular formula is C17H15N3O4. The number of carbonyl (C=O) groups is 1. The van der Waals surface area contributed by atoms with Crippen LogP contribution in [0.15, 0.2) is 48.5 Å². The lowest BCUT2D eigenvalue weighted by Crippen LogP contribution is -2.12. The molecule has 0 aliphatic carbocycles. The Hall–Kier alpha value is -3.48. The van der Waals surface area contributed by atoms with Gasteiger partial charge in [-0.3, -0.25) is 9.89 Å². The monoisotopic (exact) mass is 325 g/mol. The molecule has 0 aliphatic rings. The second kappa shape index (κ2) is 6.33. The van der Waals surface area contributed by atoms with E-state index in [0.717, 1.165) is 0 Å². The molecule has 7 heteroatoms. The van der Waals surface area contributed by atoms with Crippen LogP contribution in [-0.2, 0) is 0 Å². The summed E-state index contributed by atoms with van der Waals surface area (Å²) >= 11 is 0. The smallest absolute Gasteiger partial charge is 0.273 e. The van der Waals surface area contributed by atoms with Crippen molar-refractivity contribution in [3.8, 4) is 28.5 Å². The van der Waals surface area contributed by atoms with Gasteiger partial charge in [0.2, 0.25) is 0 Å². The Labute approximate surface area is 137 Å². The molecule has 1 heterocycles. The summed E-state index contributed by atoms with van der Waals surface area (Å²) in [6.45, 7) is 0. The van der Waals surface area contributed by atoms with Crippen LogP contribution in [0.2, 0.25) is 0 Å². The minimum absolute atomic E-state index is 0.0530. The molecule has 24 heavy (non-hydrogen) atoms. The summed E-state index contributed by atoms with van der Waals surface area (Å²) in [6, 6.07) is 12.6. The van der Waals surface area contributed by atoms with Crippen LogP contribution in [0.4, 0.5) is 5.69 Å². The molecule has 0 saturated heterocycles. The first-order valence-electron chi connectivity index (χ1n) is 7.10. The number of amides is 1. The van der Waals surface area contributed by atoms with Crippen molar-refractivity contribution in [3.63, 3.8) is 0 Å². The molecule has 0 unspecified atom stereocenters. The van der Waals surface area contributed by atoms with E-state index >= 15 is 0 Å². The third kappa shape index (κ3) is 3.14. The zero-order chi connectivity index (χ0) is 17.1. The van der Waals surface area contributed by atoms with E-state index in [-0.39, 0.29) is 23.1 Å². The first kappa shape index (κ1) is 15.4. The second-order valence-electron chi connectivity index (χ2n) is 5.05. The van der Waals surface area contributed by atoms with Crippen LogP contribution in [0, 0.1) is 0 Å². The Morgan fingerprint density at radius 1 is 1.17 bits per heavy atom. The van der Waals surface area contributed by atoms with Crippen molar-refractivity contribution in [1.29, 1.82) is 0 Å². The van der Waals surface area contributed by atoms with Gasteiger partial charge in [-0.1, -0.05) is 6.07 Å². The fourth-order valence-corrected chi connectivity index (χ4v) is 2.21. The van der Waals surface area contributed by atoms with E-state index in [0.29, 0.717) is 22.7 Å². The van der Waals surface area contributed by atoms with E-state index in [1.165, 1.54) is 24.3 Å². The van der Waals surface area contributed by atoms with Gasteiger partial charge in [0.1, 0.15) is 22.9 Å². The summed E-state index contributed by atoms with van der Waals surface area (Å²) < 4.78 is 5.11. The minimum atomic E-state index is -0.375. The first-order chi connectivity index (χ1) is 11.6. The molecule has 7 nitrogen and oxygen atoms in total. The number of phenols is 2. The molecule has 3 rings (SSSR count). The molecule has 0 spiro atoms. The van der Waals surface area contributed by atoms with E-state index in [4.69, 9.17) is 4.74 Å². The molecular weight excluding hydrogens is 310 g/mol. The number of hydrogen-bond acceptors (Lipinski definition) is 5. The Morgan fingerprint density at radius 2 is 2.00 bits per heavy atom. The standard InChI is InChI=1S/C17H15N3O4/c1-24-12-4-2-3-10(7-12)18-17(23)15-9-14(19-20-15)13-6-5-11(21)8-16(13)22/h2-9,21-22H,1H3,(H,18,23)(H,19,20). The summed E-state index contributed by atoms with van der Waals surface area (Å²) in [5, 5.41) is 28.6. The number of H-pyrrole nitrogens is 1. The maximum Gasteiger partial charge on any atom is 0.273 e. The van der Waals surface area contributed by atoms with Gasteiger partial charge in [-0.2, -0.15) is 5.10 Å². The third-order valence-electron chi connectivity index (χ3n) is 3.41. The molecule has 122 valence electrons. The highest BCUT2D eigenvalue weighted by atomic mass is 16.5. The molecule has 0 radical (unpaired) electrons. The summed E-state index contributed by atoms with van der Waals surface area (Å²) in [6.07, 6.45) is 0. The van der Waals surface area contributed by atoms with Gasteiger partial charge in [-0.05, 0) is 30.3 Å². The fraction of sp³-hybridized carbons (Fsp3) is 0.0588. The van der Waals surface area contributed by atoms with Gasteiger partial charge < -0.3 is 20.3 Å². The number of aromatic hydroxyl groups is 2. The van der Waals surface area contributed by atoms with E-state index in [1.54, 1.807) is 31.4 Å². The SMILES string of the molecule is COc1cccc(NC(=O)c2cc(-c3ccc(O)cc3O)n[nH]2)c1. The van der Waals surface area contributed by atoms with E-state index in [1.807, 2.05) is 0 Å². The van der Waals surface area contributed by atoms with Crippen LogP contribution < -0.4 is 10.1 Å². The average Bonchev–Trinajstić information content (AvgIpc) is 3.05. The van der Waals surface area contributed by atoms with Crippen molar-refractivity contribution in [1.82, 2.24) is 10.2 Å². The van der Waals surface area contributed by atoms with Gasteiger partial charge in [-0.15, -0.1) is 0 Å². The summed E-state index contributed by atoms with van der Waals surface area (Å²) in [5.74, 6) is 0.0800. The van der Waals surface area contributed by atoms with Crippen LogP contribution in [0.3, 0.4) is 0 Å². The zero-order valence-electron chi connectivity index (χ0n) is 12.8. The predicted molar refractivity (Wildman–Crippen MR) is 88.3 cm³/mol. The average molecular weight is 325 g/mol. The maximum absolute atomic E-state index is 12.3. The quantitative estimate of drug-likeness (QED) is 0.590. The molecule has 4 N–H and O–H groups in total. The molecule has 0 saturated carbocycles. The van der Waals surface area contributed by atoms with Gasteiger partial charge in [-0.25, -0.2) is 0 Å². The number of nitrogens with zero attached hydrogens (tertiary/aromatic N) is 1. The number of anilines is 1. The Kier molecular flexibility index (Phi) is 4.07. The second-order valence-corrected chi connectivity index (χ2v) is 5.05. The molecule has 1 aromatic heterocycles. The zero-order valence-corrected chi connectivity index (χ0v) is 12.8. The third-order valence-corrected chi connectivity index (χ3v) is 3.41. The van der Waals surface area contributed by atoms with Crippen LogP contribution in [0.25, 0.3) is 11.3 Å². The van der Waals surface area contributed by atoms with Crippen molar-refractivity contribution < 1.29 is 19.7 Å². The largest absolute Gasteiger partial charge is 0.508 e. The Balaban J connectivity index is 1.80. The Morgan fingerprint density at radius 3 is 2.75 bits per heavy atom. The number of hydrogen-bond donors (Lipinski definition) is 4. The lowest BCUT2D eigenvalue weighted by Gasteiger charge is -2.05. The minimum Gasteiger partial charge on any atom is -0.508 e. The summed E-state index contributed by atoms with van der Waals surface area (Å²) in [5.41, 5.74) is 1.62. The van der Waals surface area contributed by atoms with Crippen LogP contribution in [0.1, 0.15) is 10.5 Å². The number of rotatable bonds is 4. The predicted octanol–water partition coefficient (Wildman–Crippen LogP) is 2.75. The van der Waals surface area contributed by atoms with Gasteiger partial charge in [0.15, 0.2) is 0 Å². The van der Waals surface area contributed by atoms with Crippen LogP contribution >= 0.6 is 0 Å². The molecule has 0 fully saturated rings. The van der Waals surface area contributed by atoms with Crippen molar-refractivity contribution >= 4 is 11.6 Å². The van der Waals surface area contributed by atoms with Gasteiger partial charge >= 0.3 is 0 Å². The van der Waals surface area contributed by atoms with Crippen molar-refractivity contribution in [2.24, 2.45) is 0 Å². The first-order valence-corrected chi connectivity index (χ1v) is 7.10. The number of ether oxygens (including phenoxy) is 1. The lowest BCUT2D eigenvalue weighted by molar-refractivity contribution is 0.102. The number of benzene rings is 2. The van der Waals surface area contributed by atoms with Crippen molar-refractivity contribution in [2.75, 3.05) is 12.4 Å². The highest BCUT2D eigenvalue weighted by Gasteiger charge is 2.14. The molecule has 0 atom stereocenters. The maximum atomic E-state index is 12.3. The molecule has 0 aliphatic heterocycles. The molecule has 2 aromatic carbocycles. The van der Waals surface area contributed by atoms with Crippen molar-refractivity contribution in [3.05, 3.63) is 54.2 Å². The van der Waals surface area contributed by atoms with Crippen LogP contribution in [-0.4, -0.2) is 33.4 Å². The summed E-state index contributed by atoms with van der Waals surface area (Å²) in [4.78, 5) is 12.3. The number of phenolic OH excluding ortho intramolecular Hbond substituents is 2. The summed E-state index contributed by atoms with van der Waals surface area (Å²) in [7, 11) is 1.55. The topological polar surface area (TPSA) is 107 Å². The highest BCUT2D eigenvalue weighted by Crippen LogP contribution is 2.31. The highest BCUT2D eigenvalue weighted by molar-refractivity contribution is 6.03. The lowest BCUT2D eigenvalue weighted by atomic mass is 10.1. The molecule has 3 aromatic rings. The number of aromatic nitrogens is 2. The van der Waals surface area contributed by atoms with Crippen LogP contribution in [0.5, 0.6) is 17.2 Å². The van der Waals surface area contributed by atoms with Crippen molar-refractivity contribution in [2.45, 2.75) is 0 Å². The molecule has 1 amide bonds. The van der Waals surface area contributed by atoms with Gasteiger partial charge in [0, 0.05) is 23.4 Å². The normalized spacial score (nSPS) is 10.4. The van der Waals surface area contributed by atoms with Gasteiger partial charge in [0.05, 0.1) is 12.8 Å². The number of aromatic amines is 1. The Bertz CT molecular complexity index is 889. The number of carbonyl (C=O) groups excluding carboxylic acids is 1.